The first kappa shape index (κ1) is 19.8. The van der Waals surface area contributed by atoms with E-state index in [1.807, 2.05) is 13.8 Å². The van der Waals surface area contributed by atoms with E-state index in [2.05, 4.69) is 15.6 Å². The molecule has 0 spiro atoms. The Morgan fingerprint density at radius 2 is 1.91 bits per heavy atom. The number of guanidine groups is 1. The normalized spacial score (nSPS) is 13.1. The molecule has 0 radical (unpaired) electrons. The Morgan fingerprint density at radius 1 is 1.27 bits per heavy atom. The summed E-state index contributed by atoms with van der Waals surface area (Å²) in [4.78, 5) is 37.9. The Labute approximate surface area is 130 Å². The fraction of sp³-hybridized carbons (Fsp3) is 0.692. The van der Waals surface area contributed by atoms with E-state index < -0.39 is 23.9 Å². The predicted molar refractivity (Wildman–Crippen MR) is 83.7 cm³/mol. The van der Waals surface area contributed by atoms with Gasteiger partial charge in [-0.05, 0) is 18.8 Å². The second-order valence-electron chi connectivity index (χ2n) is 5.25. The number of hydrogen-bond donors (Lipinski definition) is 5. The first-order valence-corrected chi connectivity index (χ1v) is 7.11. The molecule has 1 unspecified atom stereocenters. The van der Waals surface area contributed by atoms with Crippen LogP contribution in [-0.4, -0.2) is 49.2 Å². The van der Waals surface area contributed by atoms with Crippen LogP contribution in [-0.2, 0) is 14.4 Å². The van der Waals surface area contributed by atoms with Crippen molar-refractivity contribution < 1.29 is 14.4 Å². The van der Waals surface area contributed by atoms with E-state index in [1.165, 1.54) is 0 Å². The minimum absolute atomic E-state index is 0.0177. The summed E-state index contributed by atoms with van der Waals surface area (Å²) in [6, 6.07) is -1.31. The fourth-order valence-electron chi connectivity index (χ4n) is 1.54. The molecule has 126 valence electrons. The molecule has 0 aromatic heterocycles. The largest absolute Gasteiger partial charge is 0.370 e. The summed E-state index contributed by atoms with van der Waals surface area (Å²) >= 11 is 0. The van der Waals surface area contributed by atoms with E-state index in [4.69, 9.17) is 17.2 Å². The minimum Gasteiger partial charge on any atom is -0.370 e. The van der Waals surface area contributed by atoms with Crippen molar-refractivity contribution in [3.05, 3.63) is 0 Å². The molecule has 0 heterocycles. The zero-order valence-corrected chi connectivity index (χ0v) is 13.0. The van der Waals surface area contributed by atoms with Gasteiger partial charge in [-0.1, -0.05) is 13.8 Å². The number of carbonyl (C=O) groups excluding carboxylic acids is 3. The maximum absolute atomic E-state index is 11.7. The second-order valence-corrected chi connectivity index (χ2v) is 5.25. The second kappa shape index (κ2) is 10.6. The molecule has 0 rings (SSSR count). The van der Waals surface area contributed by atoms with Gasteiger partial charge in [0.25, 0.3) is 0 Å². The van der Waals surface area contributed by atoms with Crippen LogP contribution < -0.4 is 27.8 Å². The molecule has 0 fully saturated rings. The van der Waals surface area contributed by atoms with Crippen LogP contribution in [0.1, 0.15) is 26.7 Å². The maximum Gasteiger partial charge on any atom is 0.239 e. The molecule has 8 N–H and O–H groups in total. The third kappa shape index (κ3) is 8.90. The molecule has 0 saturated carbocycles. The number of amides is 2. The summed E-state index contributed by atoms with van der Waals surface area (Å²) in [5.74, 6) is -0.902. The van der Waals surface area contributed by atoms with E-state index in [0.29, 0.717) is 25.7 Å². The molecule has 22 heavy (non-hydrogen) atoms. The molecular weight excluding hydrogens is 288 g/mol. The number of rotatable bonds is 10. The van der Waals surface area contributed by atoms with Gasteiger partial charge in [0.1, 0.15) is 6.29 Å². The zero-order valence-electron chi connectivity index (χ0n) is 13.0. The average Bonchev–Trinajstić information content (AvgIpc) is 2.46. The van der Waals surface area contributed by atoms with Crippen molar-refractivity contribution in [2.24, 2.45) is 28.1 Å². The van der Waals surface area contributed by atoms with Gasteiger partial charge in [0.05, 0.1) is 18.6 Å². The lowest BCUT2D eigenvalue weighted by atomic mass is 10.1. The van der Waals surface area contributed by atoms with Gasteiger partial charge in [-0.2, -0.15) is 0 Å². The Bertz CT molecular complexity index is 407. The number of nitrogens with zero attached hydrogens (tertiary/aromatic N) is 1. The molecule has 0 aliphatic carbocycles. The quantitative estimate of drug-likeness (QED) is 0.133. The molecule has 9 heteroatoms. The van der Waals surface area contributed by atoms with Crippen LogP contribution >= 0.6 is 0 Å². The van der Waals surface area contributed by atoms with Crippen LogP contribution in [0.5, 0.6) is 0 Å². The first-order chi connectivity index (χ1) is 10.3. The van der Waals surface area contributed by atoms with Crippen LogP contribution in [0.25, 0.3) is 0 Å². The van der Waals surface area contributed by atoms with Crippen LogP contribution in [0.3, 0.4) is 0 Å². The monoisotopic (exact) mass is 314 g/mol. The molecule has 0 aliphatic rings. The summed E-state index contributed by atoms with van der Waals surface area (Å²) in [5.41, 5.74) is 16.0. The molecule has 0 aromatic carbocycles. The number of nitrogens with one attached hydrogen (secondary N) is 2. The van der Waals surface area contributed by atoms with Crippen molar-refractivity contribution in [3.63, 3.8) is 0 Å². The van der Waals surface area contributed by atoms with Gasteiger partial charge in [0, 0.05) is 6.54 Å². The van der Waals surface area contributed by atoms with Crippen molar-refractivity contribution in [3.8, 4) is 0 Å². The zero-order chi connectivity index (χ0) is 17.1. The number of aldehydes is 1. The van der Waals surface area contributed by atoms with Gasteiger partial charge in [-0.15, -0.1) is 0 Å². The number of nitrogens with two attached hydrogens (primary N) is 3. The van der Waals surface area contributed by atoms with Crippen LogP contribution in [0.2, 0.25) is 0 Å². The SMILES string of the molecule is CC(C)[C@@H](N)C(=O)NCC(=O)NC(C=O)CCCN=C(N)N. The van der Waals surface area contributed by atoms with Crippen molar-refractivity contribution >= 4 is 24.1 Å². The minimum atomic E-state index is -0.672. The van der Waals surface area contributed by atoms with Gasteiger partial charge < -0.3 is 32.6 Å². The van der Waals surface area contributed by atoms with E-state index >= 15 is 0 Å². The molecule has 2 atom stereocenters. The van der Waals surface area contributed by atoms with Crippen LogP contribution in [0.15, 0.2) is 4.99 Å². The van der Waals surface area contributed by atoms with E-state index in [1.54, 1.807) is 0 Å². The summed E-state index contributed by atoms with van der Waals surface area (Å²) < 4.78 is 0. The molecule has 0 aliphatic heterocycles. The van der Waals surface area contributed by atoms with Crippen molar-refractivity contribution in [2.75, 3.05) is 13.1 Å². The summed E-state index contributed by atoms with van der Waals surface area (Å²) in [5, 5.41) is 4.93. The Hall–Kier alpha value is -2.16. The van der Waals surface area contributed by atoms with Gasteiger partial charge >= 0.3 is 0 Å². The van der Waals surface area contributed by atoms with E-state index in [-0.39, 0.29) is 18.4 Å². The highest BCUT2D eigenvalue weighted by Gasteiger charge is 2.18. The lowest BCUT2D eigenvalue weighted by Gasteiger charge is -2.16. The third-order valence-corrected chi connectivity index (χ3v) is 2.92. The predicted octanol–water partition coefficient (Wildman–Crippen LogP) is -2.18. The van der Waals surface area contributed by atoms with Crippen LogP contribution in [0, 0.1) is 5.92 Å². The van der Waals surface area contributed by atoms with Crippen molar-refractivity contribution in [1.29, 1.82) is 0 Å². The molecule has 9 nitrogen and oxygen atoms in total. The molecule has 2 amide bonds. The highest BCUT2D eigenvalue weighted by atomic mass is 16.2. The third-order valence-electron chi connectivity index (χ3n) is 2.92. The van der Waals surface area contributed by atoms with E-state index in [9.17, 15) is 14.4 Å². The van der Waals surface area contributed by atoms with Crippen LogP contribution in [0.4, 0.5) is 0 Å². The van der Waals surface area contributed by atoms with Gasteiger partial charge in [-0.3, -0.25) is 14.6 Å². The van der Waals surface area contributed by atoms with Gasteiger partial charge in [0.2, 0.25) is 11.8 Å². The van der Waals surface area contributed by atoms with E-state index in [0.717, 1.165) is 0 Å². The topological polar surface area (TPSA) is 166 Å². The number of carbonyl (C=O) groups is 3. The molecule has 0 saturated heterocycles. The smallest absolute Gasteiger partial charge is 0.239 e. The highest BCUT2D eigenvalue weighted by Crippen LogP contribution is 1.98. The van der Waals surface area contributed by atoms with Gasteiger partial charge in [0.15, 0.2) is 5.96 Å². The maximum atomic E-state index is 11.7. The highest BCUT2D eigenvalue weighted by molar-refractivity contribution is 5.88. The standard InChI is InChI=1S/C13H26N6O3/c1-8(2)11(14)12(22)18-6-10(21)19-9(7-20)4-3-5-17-13(15)16/h7-9,11H,3-6,14H2,1-2H3,(H,18,22)(H,19,21)(H4,15,16,17)/t9?,11-/m1/s1. The molecule has 0 bridgehead atoms. The molecular formula is C13H26N6O3. The van der Waals surface area contributed by atoms with Crippen molar-refractivity contribution in [1.82, 2.24) is 10.6 Å². The Kier molecular flexibility index (Phi) is 9.51. The summed E-state index contributed by atoms with van der Waals surface area (Å²) in [6.45, 7) is 3.77. The Balaban J connectivity index is 4.08. The number of aliphatic imine (C=N–C) groups is 1. The number of hydrogen-bond acceptors (Lipinski definition) is 5. The lowest BCUT2D eigenvalue weighted by Crippen LogP contribution is -2.48. The fourth-order valence-corrected chi connectivity index (χ4v) is 1.54. The summed E-state index contributed by atoms with van der Waals surface area (Å²) in [6.07, 6.45) is 1.59. The van der Waals surface area contributed by atoms with Gasteiger partial charge in [-0.25, -0.2) is 0 Å². The Morgan fingerprint density at radius 3 is 2.41 bits per heavy atom. The van der Waals surface area contributed by atoms with Crippen molar-refractivity contribution in [2.45, 2.75) is 38.8 Å². The molecule has 0 aromatic rings. The lowest BCUT2D eigenvalue weighted by molar-refractivity contribution is -0.128. The summed E-state index contributed by atoms with van der Waals surface area (Å²) in [7, 11) is 0. The average molecular weight is 314 g/mol. The first-order valence-electron chi connectivity index (χ1n) is 7.11.